The number of benzene rings is 2. The lowest BCUT2D eigenvalue weighted by atomic mass is 10.2. The molecule has 29 heavy (non-hydrogen) atoms. The highest BCUT2D eigenvalue weighted by Crippen LogP contribution is 2.25. The molecule has 2 N–H and O–H groups in total. The van der Waals surface area contributed by atoms with E-state index in [0.717, 1.165) is 36.6 Å². The summed E-state index contributed by atoms with van der Waals surface area (Å²) in [7, 11) is 0. The van der Waals surface area contributed by atoms with Gasteiger partial charge in [-0.2, -0.15) is 0 Å². The van der Waals surface area contributed by atoms with Crippen LogP contribution in [0.5, 0.6) is 0 Å². The largest absolute Gasteiger partial charge is 0.366 e. The van der Waals surface area contributed by atoms with Gasteiger partial charge in [0.05, 0.1) is 0 Å². The van der Waals surface area contributed by atoms with Crippen molar-refractivity contribution in [2.45, 2.75) is 32.0 Å². The summed E-state index contributed by atoms with van der Waals surface area (Å²) in [6.45, 7) is 2.05. The van der Waals surface area contributed by atoms with Crippen molar-refractivity contribution in [3.63, 3.8) is 0 Å². The molecule has 1 fully saturated rings. The average Bonchev–Trinajstić information content (AvgIpc) is 3.28. The van der Waals surface area contributed by atoms with Gasteiger partial charge in [-0.3, -0.25) is 4.79 Å². The number of amides is 1. The van der Waals surface area contributed by atoms with Crippen LogP contribution in [0.3, 0.4) is 0 Å². The number of anilines is 2. The summed E-state index contributed by atoms with van der Waals surface area (Å²) >= 11 is 0. The number of carbonyl (C=O) groups is 1. The molecule has 1 amide bonds. The molecule has 0 spiro atoms. The van der Waals surface area contributed by atoms with E-state index in [0.29, 0.717) is 13.1 Å². The molecule has 0 saturated carbocycles. The lowest BCUT2D eigenvalue weighted by Crippen LogP contribution is -2.43. The van der Waals surface area contributed by atoms with Crippen LogP contribution in [0.25, 0.3) is 0 Å². The predicted octanol–water partition coefficient (Wildman–Crippen LogP) is 3.37. The van der Waals surface area contributed by atoms with Crippen LogP contribution in [0, 0.1) is 0 Å². The fourth-order valence-electron chi connectivity index (χ4n) is 3.61. The summed E-state index contributed by atoms with van der Waals surface area (Å²) in [4.78, 5) is 23.6. The third-order valence-electron chi connectivity index (χ3n) is 5.13. The summed E-state index contributed by atoms with van der Waals surface area (Å²) in [5, 5.41) is 6.40. The summed E-state index contributed by atoms with van der Waals surface area (Å²) in [6.07, 6.45) is 3.36. The van der Waals surface area contributed by atoms with Gasteiger partial charge < -0.3 is 15.5 Å². The minimum atomic E-state index is -0.199. The fraction of sp³-hybridized carbons (Fsp3) is 0.261. The Kier molecular flexibility index (Phi) is 6.00. The van der Waals surface area contributed by atoms with E-state index in [2.05, 4.69) is 37.6 Å². The van der Waals surface area contributed by atoms with Crippen molar-refractivity contribution < 1.29 is 4.79 Å². The van der Waals surface area contributed by atoms with Gasteiger partial charge in [-0.1, -0.05) is 60.7 Å². The first-order valence-electron chi connectivity index (χ1n) is 9.98. The van der Waals surface area contributed by atoms with Crippen molar-refractivity contribution in [2.75, 3.05) is 16.8 Å². The molecule has 3 aromatic rings. The van der Waals surface area contributed by atoms with Crippen molar-refractivity contribution in [3.8, 4) is 0 Å². The molecule has 2 aromatic carbocycles. The summed E-state index contributed by atoms with van der Waals surface area (Å²) < 4.78 is 0. The van der Waals surface area contributed by atoms with Gasteiger partial charge in [0.15, 0.2) is 0 Å². The van der Waals surface area contributed by atoms with Crippen molar-refractivity contribution in [2.24, 2.45) is 0 Å². The van der Waals surface area contributed by atoms with E-state index in [-0.39, 0.29) is 11.9 Å². The summed E-state index contributed by atoms with van der Waals surface area (Å²) in [5.74, 6) is 1.59. The highest BCUT2D eigenvalue weighted by atomic mass is 16.2. The minimum absolute atomic E-state index is 0.0451. The fourth-order valence-corrected chi connectivity index (χ4v) is 3.61. The Morgan fingerprint density at radius 3 is 2.38 bits per heavy atom. The molecular formula is C23H25N5O. The van der Waals surface area contributed by atoms with Crippen LogP contribution < -0.4 is 15.5 Å². The normalized spacial score (nSPS) is 15.9. The maximum absolute atomic E-state index is 12.8. The van der Waals surface area contributed by atoms with Crippen molar-refractivity contribution in [1.82, 2.24) is 15.3 Å². The molecule has 1 unspecified atom stereocenters. The number of nitrogens with zero attached hydrogens (tertiary/aromatic N) is 3. The Hall–Kier alpha value is -3.41. The van der Waals surface area contributed by atoms with Crippen LogP contribution >= 0.6 is 0 Å². The van der Waals surface area contributed by atoms with Crippen LogP contribution in [0.2, 0.25) is 0 Å². The molecule has 0 radical (unpaired) electrons. The van der Waals surface area contributed by atoms with Crippen LogP contribution in [0.4, 0.5) is 11.6 Å². The van der Waals surface area contributed by atoms with Crippen molar-refractivity contribution in [3.05, 3.63) is 84.2 Å². The topological polar surface area (TPSA) is 70.2 Å². The smallest absolute Gasteiger partial charge is 0.243 e. The number of hydrogen-bond acceptors (Lipinski definition) is 5. The molecule has 2 heterocycles. The van der Waals surface area contributed by atoms with Crippen LogP contribution in [-0.2, 0) is 17.9 Å². The van der Waals surface area contributed by atoms with Crippen LogP contribution in [0.15, 0.2) is 73.1 Å². The Labute approximate surface area is 171 Å². The number of nitrogens with one attached hydrogen (secondary N) is 2. The lowest BCUT2D eigenvalue weighted by molar-refractivity contribution is -0.122. The molecule has 1 saturated heterocycles. The molecule has 0 aliphatic carbocycles. The van der Waals surface area contributed by atoms with Gasteiger partial charge in [0.2, 0.25) is 5.91 Å². The highest BCUT2D eigenvalue weighted by Gasteiger charge is 2.31. The molecule has 148 valence electrons. The zero-order valence-electron chi connectivity index (χ0n) is 16.3. The van der Waals surface area contributed by atoms with E-state index in [9.17, 15) is 4.79 Å². The third kappa shape index (κ3) is 4.90. The standard InChI is InChI=1S/C23H25N5O/c29-23(25-16-19-10-5-2-6-11-19)20-12-7-13-28(20)22-14-21(26-17-27-22)24-15-18-8-3-1-4-9-18/h1-6,8-11,14,17,20H,7,12-13,15-16H2,(H,25,29)(H,24,26,27). The quantitative estimate of drug-likeness (QED) is 0.650. The van der Waals surface area contributed by atoms with Gasteiger partial charge in [0.25, 0.3) is 0 Å². The second kappa shape index (κ2) is 9.19. The molecule has 1 aromatic heterocycles. The molecule has 4 rings (SSSR count). The maximum Gasteiger partial charge on any atom is 0.243 e. The monoisotopic (exact) mass is 387 g/mol. The Morgan fingerprint density at radius 2 is 1.66 bits per heavy atom. The van der Waals surface area contributed by atoms with E-state index in [1.807, 2.05) is 54.6 Å². The molecule has 1 aliphatic heterocycles. The van der Waals surface area contributed by atoms with Gasteiger partial charge in [0, 0.05) is 25.7 Å². The number of carbonyl (C=O) groups excluding carboxylic acids is 1. The zero-order valence-corrected chi connectivity index (χ0v) is 16.3. The minimum Gasteiger partial charge on any atom is -0.366 e. The lowest BCUT2D eigenvalue weighted by Gasteiger charge is -2.25. The van der Waals surface area contributed by atoms with Crippen LogP contribution in [-0.4, -0.2) is 28.5 Å². The van der Waals surface area contributed by atoms with Crippen LogP contribution in [0.1, 0.15) is 24.0 Å². The van der Waals surface area contributed by atoms with Crippen molar-refractivity contribution >= 4 is 17.5 Å². The summed E-state index contributed by atoms with van der Waals surface area (Å²) in [6, 6.07) is 21.9. The number of hydrogen-bond donors (Lipinski definition) is 2. The van der Waals surface area contributed by atoms with E-state index in [4.69, 9.17) is 0 Å². The number of aromatic nitrogens is 2. The third-order valence-corrected chi connectivity index (χ3v) is 5.13. The second-order valence-corrected chi connectivity index (χ2v) is 7.16. The van der Waals surface area contributed by atoms with E-state index in [1.165, 1.54) is 5.56 Å². The van der Waals surface area contributed by atoms with Gasteiger partial charge in [-0.15, -0.1) is 0 Å². The molecular weight excluding hydrogens is 362 g/mol. The zero-order chi connectivity index (χ0) is 19.9. The highest BCUT2D eigenvalue weighted by molar-refractivity contribution is 5.85. The Bertz CT molecular complexity index is 932. The second-order valence-electron chi connectivity index (χ2n) is 7.16. The SMILES string of the molecule is O=C(NCc1ccccc1)C1CCCN1c1cc(NCc2ccccc2)ncn1. The molecule has 1 aliphatic rings. The summed E-state index contributed by atoms with van der Waals surface area (Å²) in [5.41, 5.74) is 2.28. The molecule has 0 bridgehead atoms. The van der Waals surface area contributed by atoms with E-state index >= 15 is 0 Å². The van der Waals surface area contributed by atoms with Gasteiger partial charge in [0.1, 0.15) is 24.0 Å². The molecule has 6 heteroatoms. The first-order chi connectivity index (χ1) is 14.3. The Balaban J connectivity index is 1.39. The van der Waals surface area contributed by atoms with Crippen molar-refractivity contribution in [1.29, 1.82) is 0 Å². The Morgan fingerprint density at radius 1 is 0.966 bits per heavy atom. The molecule has 6 nitrogen and oxygen atoms in total. The molecule has 1 atom stereocenters. The van der Waals surface area contributed by atoms with Gasteiger partial charge >= 0.3 is 0 Å². The first-order valence-corrected chi connectivity index (χ1v) is 9.98. The number of rotatable bonds is 7. The average molecular weight is 387 g/mol. The van der Waals surface area contributed by atoms with Gasteiger partial charge in [-0.05, 0) is 24.0 Å². The predicted molar refractivity (Wildman–Crippen MR) is 114 cm³/mol. The maximum atomic E-state index is 12.8. The first kappa shape index (κ1) is 18.9. The van der Waals surface area contributed by atoms with E-state index in [1.54, 1.807) is 6.33 Å². The van der Waals surface area contributed by atoms with Gasteiger partial charge in [-0.25, -0.2) is 9.97 Å². The van der Waals surface area contributed by atoms with E-state index < -0.39 is 0 Å².